The summed E-state index contributed by atoms with van der Waals surface area (Å²) in [6.07, 6.45) is 4.11. The van der Waals surface area contributed by atoms with Crippen molar-refractivity contribution in [2.24, 2.45) is 0 Å². The van der Waals surface area contributed by atoms with Gasteiger partial charge >= 0.3 is 0 Å². The summed E-state index contributed by atoms with van der Waals surface area (Å²) < 4.78 is 2.21. The highest BCUT2D eigenvalue weighted by Gasteiger charge is 2.23. The summed E-state index contributed by atoms with van der Waals surface area (Å²) in [5.41, 5.74) is 4.87. The molecule has 3 heteroatoms. The van der Waals surface area contributed by atoms with Gasteiger partial charge in [-0.3, -0.25) is 4.79 Å². The largest absolute Gasteiger partial charge is 0.347 e. The number of para-hydroxylation sites is 2. The molecule has 3 nitrogen and oxygen atoms in total. The van der Waals surface area contributed by atoms with E-state index in [1.807, 2.05) is 42.5 Å². The fourth-order valence-electron chi connectivity index (χ4n) is 3.09. The Labute approximate surface area is 128 Å². The summed E-state index contributed by atoms with van der Waals surface area (Å²) in [4.78, 5) is 12.3. The number of rotatable bonds is 2. The van der Waals surface area contributed by atoms with Crippen LogP contribution in [0.4, 0.5) is 5.69 Å². The average Bonchev–Trinajstić information content (AvgIpc) is 3.06. The Kier molecular flexibility index (Phi) is 2.86. The number of hydrogen-bond acceptors (Lipinski definition) is 1. The van der Waals surface area contributed by atoms with Gasteiger partial charge in [-0.25, -0.2) is 0 Å². The second-order valence-corrected chi connectivity index (χ2v) is 5.45. The Hall–Kier alpha value is -2.81. The first-order valence-corrected chi connectivity index (χ1v) is 7.48. The highest BCUT2D eigenvalue weighted by molar-refractivity contribution is 6.35. The molecular formula is C19H16N2O. The van der Waals surface area contributed by atoms with E-state index in [1.54, 1.807) is 0 Å². The number of aromatic nitrogens is 1. The van der Waals surface area contributed by atoms with Crippen molar-refractivity contribution in [2.75, 3.05) is 5.32 Å². The van der Waals surface area contributed by atoms with E-state index in [0.717, 1.165) is 28.9 Å². The van der Waals surface area contributed by atoms with Crippen LogP contribution >= 0.6 is 0 Å². The molecule has 0 spiro atoms. The second kappa shape index (κ2) is 4.88. The number of fused-ring (bicyclic) bond motifs is 2. The van der Waals surface area contributed by atoms with Crippen LogP contribution in [0.2, 0.25) is 0 Å². The van der Waals surface area contributed by atoms with Crippen molar-refractivity contribution in [2.45, 2.75) is 13.5 Å². The van der Waals surface area contributed by atoms with Crippen molar-refractivity contribution in [3.05, 3.63) is 65.9 Å². The predicted molar refractivity (Wildman–Crippen MR) is 90.6 cm³/mol. The molecule has 3 aromatic rings. The van der Waals surface area contributed by atoms with Gasteiger partial charge in [0.05, 0.1) is 0 Å². The fourth-order valence-corrected chi connectivity index (χ4v) is 3.09. The molecule has 0 radical (unpaired) electrons. The van der Waals surface area contributed by atoms with E-state index in [9.17, 15) is 4.79 Å². The van der Waals surface area contributed by atoms with Crippen molar-refractivity contribution < 1.29 is 4.79 Å². The number of carbonyl (C=O) groups excluding carboxylic acids is 1. The molecule has 1 amide bonds. The van der Waals surface area contributed by atoms with Crippen LogP contribution in [-0.4, -0.2) is 10.5 Å². The lowest BCUT2D eigenvalue weighted by atomic mass is 10.0. The lowest BCUT2D eigenvalue weighted by molar-refractivity contribution is -0.110. The smallest absolute Gasteiger partial charge is 0.256 e. The number of benzene rings is 2. The number of aryl methyl sites for hydroxylation is 1. The van der Waals surface area contributed by atoms with Crippen LogP contribution in [0.5, 0.6) is 0 Å². The number of hydrogen-bond donors (Lipinski definition) is 1. The first-order valence-electron chi connectivity index (χ1n) is 7.48. The van der Waals surface area contributed by atoms with E-state index in [2.05, 4.69) is 35.1 Å². The highest BCUT2D eigenvalue weighted by Crippen LogP contribution is 2.34. The molecule has 0 unspecified atom stereocenters. The quantitative estimate of drug-likeness (QED) is 0.706. The highest BCUT2D eigenvalue weighted by atomic mass is 16.2. The van der Waals surface area contributed by atoms with Crippen LogP contribution in [0, 0.1) is 0 Å². The number of anilines is 1. The molecule has 2 aromatic carbocycles. The Morgan fingerprint density at radius 1 is 1.09 bits per heavy atom. The van der Waals surface area contributed by atoms with E-state index in [4.69, 9.17) is 0 Å². The molecule has 0 fully saturated rings. The minimum absolute atomic E-state index is 0.0328. The van der Waals surface area contributed by atoms with Crippen LogP contribution in [0.3, 0.4) is 0 Å². The van der Waals surface area contributed by atoms with Gasteiger partial charge in [0.25, 0.3) is 5.91 Å². The average molecular weight is 288 g/mol. The van der Waals surface area contributed by atoms with Gasteiger partial charge in [-0.2, -0.15) is 0 Å². The summed E-state index contributed by atoms with van der Waals surface area (Å²) in [6, 6.07) is 16.1. The maximum absolute atomic E-state index is 12.3. The standard InChI is InChI=1S/C19H16N2O/c1-2-21-12-13(14-7-4-6-10-18(14)21)11-16-15-8-3-5-9-17(15)20-19(16)22/h3-12H,2H2,1H3,(H,20,22)/b16-11-. The molecule has 0 saturated heterocycles. The van der Waals surface area contributed by atoms with Gasteiger partial charge in [0.2, 0.25) is 0 Å². The second-order valence-electron chi connectivity index (χ2n) is 5.45. The van der Waals surface area contributed by atoms with Crippen molar-refractivity contribution in [3.8, 4) is 0 Å². The molecule has 1 aliphatic heterocycles. The summed E-state index contributed by atoms with van der Waals surface area (Å²) in [5.74, 6) is -0.0328. The van der Waals surface area contributed by atoms with Gasteiger partial charge in [-0.05, 0) is 25.1 Å². The summed E-state index contributed by atoms with van der Waals surface area (Å²) in [7, 11) is 0. The van der Waals surface area contributed by atoms with Gasteiger partial charge < -0.3 is 9.88 Å². The lowest BCUT2D eigenvalue weighted by Crippen LogP contribution is -2.03. The van der Waals surface area contributed by atoms with Crippen molar-refractivity contribution >= 4 is 34.1 Å². The number of nitrogens with zero attached hydrogens (tertiary/aromatic N) is 1. The minimum Gasteiger partial charge on any atom is -0.347 e. The Morgan fingerprint density at radius 2 is 1.86 bits per heavy atom. The van der Waals surface area contributed by atoms with Crippen molar-refractivity contribution in [1.29, 1.82) is 0 Å². The molecule has 1 N–H and O–H groups in total. The molecule has 1 aliphatic rings. The number of nitrogens with one attached hydrogen (secondary N) is 1. The van der Waals surface area contributed by atoms with Gasteiger partial charge in [-0.15, -0.1) is 0 Å². The topological polar surface area (TPSA) is 34.0 Å². The van der Waals surface area contributed by atoms with E-state index >= 15 is 0 Å². The molecule has 108 valence electrons. The van der Waals surface area contributed by atoms with Crippen LogP contribution in [0.25, 0.3) is 22.6 Å². The normalized spacial score (nSPS) is 15.3. The monoisotopic (exact) mass is 288 g/mol. The Balaban J connectivity index is 1.92. The van der Waals surface area contributed by atoms with E-state index in [1.165, 1.54) is 10.9 Å². The molecule has 4 rings (SSSR count). The molecule has 0 atom stereocenters. The first-order chi connectivity index (χ1) is 10.8. The maximum atomic E-state index is 12.3. The molecule has 0 aliphatic carbocycles. The van der Waals surface area contributed by atoms with Crippen LogP contribution in [0.15, 0.2) is 54.7 Å². The minimum atomic E-state index is -0.0328. The van der Waals surface area contributed by atoms with Crippen molar-refractivity contribution in [3.63, 3.8) is 0 Å². The zero-order chi connectivity index (χ0) is 15.1. The molecule has 2 heterocycles. The molecule has 0 saturated carbocycles. The SMILES string of the molecule is CCn1cc(/C=C2\C(=O)Nc3ccccc32)c2ccccc21. The Morgan fingerprint density at radius 3 is 2.73 bits per heavy atom. The third-order valence-corrected chi connectivity index (χ3v) is 4.17. The van der Waals surface area contributed by atoms with Crippen LogP contribution in [0.1, 0.15) is 18.1 Å². The van der Waals surface area contributed by atoms with E-state index in [-0.39, 0.29) is 5.91 Å². The van der Waals surface area contributed by atoms with E-state index < -0.39 is 0 Å². The van der Waals surface area contributed by atoms with Gasteiger partial charge in [0.1, 0.15) is 0 Å². The zero-order valence-corrected chi connectivity index (χ0v) is 12.3. The molecule has 1 aromatic heterocycles. The number of carbonyl (C=O) groups is 1. The third-order valence-electron chi connectivity index (χ3n) is 4.17. The third kappa shape index (κ3) is 1.86. The van der Waals surface area contributed by atoms with Crippen molar-refractivity contribution in [1.82, 2.24) is 4.57 Å². The zero-order valence-electron chi connectivity index (χ0n) is 12.3. The summed E-state index contributed by atoms with van der Waals surface area (Å²) in [5, 5.41) is 4.10. The van der Waals surface area contributed by atoms with Gasteiger partial charge in [0, 0.05) is 46.0 Å². The molecule has 22 heavy (non-hydrogen) atoms. The first kappa shape index (κ1) is 12.9. The maximum Gasteiger partial charge on any atom is 0.256 e. The fraction of sp³-hybridized carbons (Fsp3) is 0.105. The lowest BCUT2D eigenvalue weighted by Gasteiger charge is -1.98. The van der Waals surface area contributed by atoms with Crippen LogP contribution < -0.4 is 5.32 Å². The van der Waals surface area contributed by atoms with Gasteiger partial charge in [0.15, 0.2) is 0 Å². The Bertz CT molecular complexity index is 918. The summed E-state index contributed by atoms with van der Waals surface area (Å²) in [6.45, 7) is 3.04. The number of amides is 1. The van der Waals surface area contributed by atoms with E-state index in [0.29, 0.717) is 0 Å². The molecular weight excluding hydrogens is 272 g/mol. The summed E-state index contributed by atoms with van der Waals surface area (Å²) >= 11 is 0. The van der Waals surface area contributed by atoms with Crippen LogP contribution in [-0.2, 0) is 11.3 Å². The molecule has 0 bridgehead atoms. The van der Waals surface area contributed by atoms with Gasteiger partial charge in [-0.1, -0.05) is 36.4 Å². The predicted octanol–water partition coefficient (Wildman–Crippen LogP) is 4.15.